The number of anilines is 2. The zero-order chi connectivity index (χ0) is 51.3. The van der Waals surface area contributed by atoms with E-state index in [1.54, 1.807) is 50.9 Å². The Labute approximate surface area is 408 Å². The number of rotatable bonds is 20. The van der Waals surface area contributed by atoms with E-state index in [1.165, 1.54) is 23.3 Å². The molecule has 3 aromatic rings. The average Bonchev–Trinajstić information content (AvgIpc) is 3.77. The number of fused-ring (bicyclic) bond motifs is 6. The third kappa shape index (κ3) is 16.4. The fourth-order valence-corrected chi connectivity index (χ4v) is 9.36. The maximum atomic E-state index is 15.1. The van der Waals surface area contributed by atoms with Crippen LogP contribution in [0, 0.1) is 17.6 Å². The molecule has 70 heavy (non-hydrogen) atoms. The van der Waals surface area contributed by atoms with Crippen LogP contribution in [-0.2, 0) is 39.5 Å². The number of aromatic nitrogens is 2. The van der Waals surface area contributed by atoms with Crippen LogP contribution < -0.4 is 36.9 Å². The van der Waals surface area contributed by atoms with Crippen molar-refractivity contribution in [3.63, 3.8) is 0 Å². The van der Waals surface area contributed by atoms with E-state index in [0.717, 1.165) is 31.9 Å². The highest BCUT2D eigenvalue weighted by molar-refractivity contribution is 7.92. The van der Waals surface area contributed by atoms with Crippen LogP contribution in [0.3, 0.4) is 0 Å². The van der Waals surface area contributed by atoms with Gasteiger partial charge in [-0.05, 0) is 76.7 Å². The number of likely N-dealkylation sites (tertiary alicyclic amines) is 1. The van der Waals surface area contributed by atoms with E-state index in [0.29, 0.717) is 49.5 Å². The van der Waals surface area contributed by atoms with E-state index in [2.05, 4.69) is 40.1 Å². The minimum atomic E-state index is -3.34. The van der Waals surface area contributed by atoms with Crippen molar-refractivity contribution >= 4 is 50.9 Å². The van der Waals surface area contributed by atoms with Crippen molar-refractivity contribution in [2.24, 2.45) is 21.7 Å². The molecule has 2 aliphatic rings. The fourth-order valence-electron chi connectivity index (χ4n) is 8.01. The third-order valence-corrected chi connectivity index (χ3v) is 13.2. The summed E-state index contributed by atoms with van der Waals surface area (Å²) in [5, 5.41) is 8.40. The summed E-state index contributed by atoms with van der Waals surface area (Å²) in [6, 6.07) is 5.03. The second kappa shape index (κ2) is 25.3. The first-order chi connectivity index (χ1) is 33.1. The SMILES string of the molecule is CC(C)[C@H](NC(=O)[C@@H]1CCCN1C(=O)[C@H](CC(N)=O)NC(=O)CN(C)CCN(C)CCN(C)CCN)C(=O)N=[S@](C)(=O)Cc1cc2cc(c1)O[C@H](C)CCOc1cc(F)ccc1-c1nc(ncc1F)N2. The molecule has 5 atom stereocenters. The van der Waals surface area contributed by atoms with E-state index in [9.17, 15) is 32.6 Å². The van der Waals surface area contributed by atoms with Crippen LogP contribution in [-0.4, -0.2) is 174 Å². The molecule has 23 heteroatoms. The first-order valence-corrected chi connectivity index (χ1v) is 25.4. The maximum absolute atomic E-state index is 15.1. The highest BCUT2D eigenvalue weighted by Gasteiger charge is 2.40. The molecule has 1 aromatic heterocycles. The molecule has 5 rings (SSSR count). The first kappa shape index (κ1) is 55.1. The monoisotopic (exact) mass is 998 g/mol. The minimum Gasteiger partial charge on any atom is -0.493 e. The molecule has 5 amide bonds. The summed E-state index contributed by atoms with van der Waals surface area (Å²) in [5.74, 6) is -5.13. The molecule has 0 aliphatic carbocycles. The molecule has 0 saturated carbocycles. The van der Waals surface area contributed by atoms with Gasteiger partial charge in [-0.2, -0.15) is 4.36 Å². The normalized spacial score (nSPS) is 17.6. The van der Waals surface area contributed by atoms with Crippen molar-refractivity contribution in [3.05, 3.63) is 59.8 Å². The van der Waals surface area contributed by atoms with Crippen LogP contribution in [0.25, 0.3) is 11.3 Å². The van der Waals surface area contributed by atoms with Gasteiger partial charge in [0.25, 0.3) is 5.91 Å². The molecular weight excluding hydrogens is 931 g/mol. The van der Waals surface area contributed by atoms with E-state index in [1.807, 2.05) is 14.1 Å². The lowest BCUT2D eigenvalue weighted by molar-refractivity contribution is -0.143. The van der Waals surface area contributed by atoms with Gasteiger partial charge in [-0.15, -0.1) is 0 Å². The number of primary amides is 1. The van der Waals surface area contributed by atoms with Crippen LogP contribution in [0.1, 0.15) is 52.0 Å². The zero-order valence-corrected chi connectivity index (χ0v) is 41.9. The first-order valence-electron chi connectivity index (χ1n) is 23.3. The summed E-state index contributed by atoms with van der Waals surface area (Å²) in [4.78, 5) is 82.9. The van der Waals surface area contributed by atoms with Crippen LogP contribution >= 0.6 is 0 Å². The Kier molecular flexibility index (Phi) is 19.9. The number of nitrogens with two attached hydrogens (primary N) is 2. The second-order valence-electron chi connectivity index (χ2n) is 18.5. The van der Waals surface area contributed by atoms with E-state index in [4.69, 9.17) is 20.9 Å². The summed E-state index contributed by atoms with van der Waals surface area (Å²) in [5.41, 5.74) is 12.1. The number of nitrogens with one attached hydrogen (secondary N) is 3. The van der Waals surface area contributed by atoms with Gasteiger partial charge < -0.3 is 51.6 Å². The van der Waals surface area contributed by atoms with Gasteiger partial charge in [-0.1, -0.05) is 13.8 Å². The van der Waals surface area contributed by atoms with Gasteiger partial charge in [0.15, 0.2) is 5.82 Å². The van der Waals surface area contributed by atoms with Gasteiger partial charge in [-0.25, -0.2) is 23.0 Å². The molecule has 384 valence electrons. The average molecular weight is 999 g/mol. The van der Waals surface area contributed by atoms with E-state index in [-0.39, 0.29) is 54.8 Å². The highest BCUT2D eigenvalue weighted by Crippen LogP contribution is 2.34. The van der Waals surface area contributed by atoms with Gasteiger partial charge >= 0.3 is 0 Å². The van der Waals surface area contributed by atoms with Crippen molar-refractivity contribution in [1.29, 1.82) is 0 Å². The molecular formula is C47H68F2N12O8S. The molecule has 2 aliphatic heterocycles. The lowest BCUT2D eigenvalue weighted by Gasteiger charge is -2.30. The van der Waals surface area contributed by atoms with Crippen molar-refractivity contribution in [3.8, 4) is 22.8 Å². The van der Waals surface area contributed by atoms with Crippen molar-refractivity contribution in [2.75, 3.05) is 91.7 Å². The molecule has 1 saturated heterocycles. The largest absolute Gasteiger partial charge is 0.493 e. The van der Waals surface area contributed by atoms with Crippen LogP contribution in [0.15, 0.2) is 47.0 Å². The summed E-state index contributed by atoms with van der Waals surface area (Å²) in [6.45, 7) is 9.59. The Bertz CT molecular complexity index is 2480. The van der Waals surface area contributed by atoms with Gasteiger partial charge in [0.1, 0.15) is 41.1 Å². The molecule has 0 radical (unpaired) electrons. The zero-order valence-electron chi connectivity index (χ0n) is 41.0. The number of ether oxygens (including phenoxy) is 2. The topological polar surface area (TPSA) is 260 Å². The van der Waals surface area contributed by atoms with Gasteiger partial charge in [0, 0.05) is 81.9 Å². The molecule has 2 aromatic carbocycles. The van der Waals surface area contributed by atoms with Crippen molar-refractivity contribution < 1.29 is 46.4 Å². The van der Waals surface area contributed by atoms with Crippen molar-refractivity contribution in [2.45, 2.75) is 76.4 Å². The van der Waals surface area contributed by atoms with Gasteiger partial charge in [0.05, 0.1) is 47.4 Å². The molecule has 0 unspecified atom stereocenters. The molecule has 3 heterocycles. The summed E-state index contributed by atoms with van der Waals surface area (Å²) < 4.78 is 59.8. The second-order valence-corrected chi connectivity index (χ2v) is 20.9. The number of benzene rings is 2. The van der Waals surface area contributed by atoms with Crippen molar-refractivity contribution in [1.82, 2.24) is 40.2 Å². The number of halogens is 2. The fraction of sp³-hybridized carbons (Fsp3) is 0.553. The Balaban J connectivity index is 1.27. The summed E-state index contributed by atoms with van der Waals surface area (Å²) >= 11 is 0. The summed E-state index contributed by atoms with van der Waals surface area (Å²) in [6.07, 6.45) is 2.39. The predicted octanol–water partition coefficient (Wildman–Crippen LogP) is 2.09. The van der Waals surface area contributed by atoms with Crippen LogP contribution in [0.4, 0.5) is 20.4 Å². The molecule has 20 nitrogen and oxygen atoms in total. The minimum absolute atomic E-state index is 0.0140. The highest BCUT2D eigenvalue weighted by atomic mass is 32.2. The summed E-state index contributed by atoms with van der Waals surface area (Å²) in [7, 11) is 2.41. The number of likely N-dealkylation sites (N-methyl/N-ethyl adjacent to an activating group) is 3. The maximum Gasteiger partial charge on any atom is 0.276 e. The number of hydrogen-bond acceptors (Lipinski definition) is 15. The van der Waals surface area contributed by atoms with Crippen LogP contribution in [0.2, 0.25) is 0 Å². The quantitative estimate of drug-likeness (QED) is 0.109. The molecule has 1 fully saturated rings. The van der Waals surface area contributed by atoms with Gasteiger partial charge in [-0.3, -0.25) is 28.9 Å². The predicted molar refractivity (Wildman–Crippen MR) is 261 cm³/mol. The van der Waals surface area contributed by atoms with Gasteiger partial charge in [0.2, 0.25) is 29.6 Å². The Morgan fingerprint density at radius 1 is 0.986 bits per heavy atom. The Morgan fingerprint density at radius 2 is 1.69 bits per heavy atom. The molecule has 0 spiro atoms. The Hall–Kier alpha value is -5.88. The number of carbonyl (C=O) groups excluding carboxylic acids is 5. The number of nitrogens with zero attached hydrogens (tertiary/aromatic N) is 7. The number of hydrogen-bond donors (Lipinski definition) is 5. The lowest BCUT2D eigenvalue weighted by atomic mass is 10.0. The smallest absolute Gasteiger partial charge is 0.276 e. The van der Waals surface area contributed by atoms with E-state index >= 15 is 4.39 Å². The standard InChI is InChI=1S/C47H68F2N12O8S/c1-29(2)42(55-44(64)38-9-8-14-61(38)46(66)37(25-40(51)62)54-41(63)27-60(6)19-18-59(5)17-16-58(4)15-13-50)45(65)57-70(7,67)28-31-21-33-24-34(22-31)69-30(3)12-20-68-39-23-32(48)10-11-35(39)43-36(49)26-52-47(53-33)56-43/h10-11,21-24,26,29-30,37-38,42H,8-9,12-20,25,27-28,50H2,1-7H3,(H2,51,62)(H,54,63)(H,55,64)(H,52,53,56)/t30-,37+,38+,42+,70-/m1/s1. The van der Waals surface area contributed by atoms with Crippen LogP contribution in [0.5, 0.6) is 11.5 Å². The molecule has 7 N–H and O–H groups in total. The number of carbonyl (C=O) groups is 5. The van der Waals surface area contributed by atoms with E-state index < -0.39 is 87.5 Å². The number of amides is 5. The Morgan fingerprint density at radius 3 is 2.37 bits per heavy atom. The lowest BCUT2D eigenvalue weighted by Crippen LogP contribution is -2.57. The third-order valence-electron chi connectivity index (χ3n) is 11.8. The molecule has 4 bridgehead atoms.